The fourth-order valence-corrected chi connectivity index (χ4v) is 2.63. The summed E-state index contributed by atoms with van der Waals surface area (Å²) in [7, 11) is -0.0556. The van der Waals surface area contributed by atoms with E-state index in [1.54, 1.807) is 0 Å². The van der Waals surface area contributed by atoms with Gasteiger partial charge in [-0.05, 0) is 18.0 Å². The predicted molar refractivity (Wildman–Crippen MR) is 59.1 cm³/mol. The van der Waals surface area contributed by atoms with Gasteiger partial charge in [-0.1, -0.05) is 34.1 Å². The van der Waals surface area contributed by atoms with Gasteiger partial charge in [-0.15, -0.1) is 0 Å². The molecule has 0 heterocycles. The first-order chi connectivity index (χ1) is 5.72. The highest BCUT2D eigenvalue weighted by Crippen LogP contribution is 2.17. The van der Waals surface area contributed by atoms with E-state index in [0.29, 0.717) is 0 Å². The van der Waals surface area contributed by atoms with Crippen LogP contribution in [0.15, 0.2) is 0 Å². The first kappa shape index (κ1) is 12.1. The summed E-state index contributed by atoms with van der Waals surface area (Å²) < 4.78 is 0. The first-order valence-corrected chi connectivity index (χ1v) is 6.66. The Hall–Kier alpha value is 0.137. The number of hydrogen-bond acceptors (Lipinski definition) is 2. The molecule has 0 spiro atoms. The molecule has 0 rings (SSSR count). The van der Waals surface area contributed by atoms with E-state index >= 15 is 0 Å². The standard InChI is InChI=1S/C9H24N2Si/c1-5-8(3)9(4)12-11-7-10-6-2/h8-11H,5-7,12H2,1-4H3. The van der Waals surface area contributed by atoms with Crippen LogP contribution in [0, 0.1) is 5.92 Å². The summed E-state index contributed by atoms with van der Waals surface area (Å²) in [6.07, 6.45) is 1.32. The summed E-state index contributed by atoms with van der Waals surface area (Å²) in [5, 5.41) is 3.28. The van der Waals surface area contributed by atoms with E-state index in [1.165, 1.54) is 6.42 Å². The van der Waals surface area contributed by atoms with Crippen molar-refractivity contribution in [1.82, 2.24) is 10.3 Å². The van der Waals surface area contributed by atoms with Gasteiger partial charge >= 0.3 is 0 Å². The van der Waals surface area contributed by atoms with Crippen LogP contribution in [0.2, 0.25) is 5.54 Å². The molecule has 0 amide bonds. The number of rotatable bonds is 7. The highest BCUT2D eigenvalue weighted by atomic mass is 28.2. The lowest BCUT2D eigenvalue weighted by molar-refractivity contribution is 0.533. The van der Waals surface area contributed by atoms with Gasteiger partial charge in [-0.3, -0.25) is 0 Å². The third-order valence-corrected chi connectivity index (χ3v) is 4.57. The Morgan fingerprint density at radius 1 is 1.25 bits per heavy atom. The SMILES string of the molecule is CCNCN[SiH2]C(C)C(C)CC. The molecule has 0 aliphatic carbocycles. The lowest BCUT2D eigenvalue weighted by Crippen LogP contribution is -2.34. The van der Waals surface area contributed by atoms with Crippen LogP contribution in [0.4, 0.5) is 0 Å². The molecule has 0 aliphatic heterocycles. The highest BCUT2D eigenvalue weighted by Gasteiger charge is 2.09. The fourth-order valence-electron chi connectivity index (χ4n) is 1.12. The summed E-state index contributed by atoms with van der Waals surface area (Å²) >= 11 is 0. The maximum absolute atomic E-state index is 3.53. The topological polar surface area (TPSA) is 24.1 Å². The Morgan fingerprint density at radius 2 is 1.92 bits per heavy atom. The zero-order valence-corrected chi connectivity index (χ0v) is 10.4. The van der Waals surface area contributed by atoms with Crippen LogP contribution in [0.1, 0.15) is 34.1 Å². The van der Waals surface area contributed by atoms with Gasteiger partial charge in [-0.2, -0.15) is 0 Å². The summed E-state index contributed by atoms with van der Waals surface area (Å²) in [5.41, 5.74) is 0.925. The van der Waals surface area contributed by atoms with Crippen molar-refractivity contribution in [3.63, 3.8) is 0 Å². The lowest BCUT2D eigenvalue weighted by Gasteiger charge is -2.17. The molecule has 0 radical (unpaired) electrons. The Labute approximate surface area is 79.4 Å². The average Bonchev–Trinajstić information content (AvgIpc) is 2.10. The normalized spacial score (nSPS) is 17.0. The van der Waals surface area contributed by atoms with Crippen LogP contribution in [-0.2, 0) is 0 Å². The number of hydrogen-bond donors (Lipinski definition) is 2. The van der Waals surface area contributed by atoms with Crippen molar-refractivity contribution >= 4 is 9.68 Å². The van der Waals surface area contributed by atoms with Crippen LogP contribution in [-0.4, -0.2) is 22.9 Å². The molecule has 12 heavy (non-hydrogen) atoms. The van der Waals surface area contributed by atoms with Crippen molar-refractivity contribution < 1.29 is 0 Å². The Balaban J connectivity index is 3.24. The second kappa shape index (κ2) is 7.77. The van der Waals surface area contributed by atoms with Crippen LogP contribution in [0.25, 0.3) is 0 Å². The minimum absolute atomic E-state index is 0.0556. The second-order valence-electron chi connectivity index (χ2n) is 3.60. The van der Waals surface area contributed by atoms with E-state index in [2.05, 4.69) is 38.0 Å². The maximum Gasteiger partial charge on any atom is 0.0961 e. The molecule has 0 bridgehead atoms. The summed E-state index contributed by atoms with van der Waals surface area (Å²) in [6, 6.07) is 0. The van der Waals surface area contributed by atoms with E-state index in [1.807, 2.05) is 0 Å². The van der Waals surface area contributed by atoms with Crippen molar-refractivity contribution in [3.8, 4) is 0 Å². The van der Waals surface area contributed by atoms with Crippen molar-refractivity contribution in [3.05, 3.63) is 0 Å². The van der Waals surface area contributed by atoms with Crippen LogP contribution in [0.3, 0.4) is 0 Å². The van der Waals surface area contributed by atoms with Gasteiger partial charge < -0.3 is 10.3 Å². The molecule has 0 aromatic rings. The molecule has 0 saturated carbocycles. The quantitative estimate of drug-likeness (QED) is 0.355. The molecule has 2 N–H and O–H groups in total. The monoisotopic (exact) mass is 188 g/mol. The van der Waals surface area contributed by atoms with Crippen LogP contribution in [0.5, 0.6) is 0 Å². The van der Waals surface area contributed by atoms with Gasteiger partial charge in [0.05, 0.1) is 9.68 Å². The Bertz CT molecular complexity index is 98.5. The largest absolute Gasteiger partial charge is 0.330 e. The van der Waals surface area contributed by atoms with Gasteiger partial charge in [0, 0.05) is 6.67 Å². The number of nitrogens with one attached hydrogen (secondary N) is 2. The van der Waals surface area contributed by atoms with Crippen LogP contribution >= 0.6 is 0 Å². The molecule has 2 unspecified atom stereocenters. The summed E-state index contributed by atoms with van der Waals surface area (Å²) in [6.45, 7) is 11.2. The van der Waals surface area contributed by atoms with Crippen molar-refractivity contribution in [1.29, 1.82) is 0 Å². The zero-order valence-electron chi connectivity index (χ0n) is 8.98. The van der Waals surface area contributed by atoms with Gasteiger partial charge in [0.2, 0.25) is 0 Å². The smallest absolute Gasteiger partial charge is 0.0961 e. The van der Waals surface area contributed by atoms with Crippen molar-refractivity contribution in [2.75, 3.05) is 13.2 Å². The molecule has 2 atom stereocenters. The molecule has 0 aliphatic rings. The molecule has 0 fully saturated rings. The van der Waals surface area contributed by atoms with Crippen LogP contribution < -0.4 is 10.3 Å². The fraction of sp³-hybridized carbons (Fsp3) is 1.00. The van der Waals surface area contributed by atoms with Crippen molar-refractivity contribution in [2.45, 2.75) is 39.7 Å². The predicted octanol–water partition coefficient (Wildman–Crippen LogP) is 1.08. The van der Waals surface area contributed by atoms with E-state index in [4.69, 9.17) is 0 Å². The van der Waals surface area contributed by atoms with E-state index in [9.17, 15) is 0 Å². The molecule has 0 saturated heterocycles. The van der Waals surface area contributed by atoms with E-state index in [-0.39, 0.29) is 9.68 Å². The molecule has 0 aromatic heterocycles. The summed E-state index contributed by atoms with van der Waals surface area (Å²) in [4.78, 5) is 3.53. The van der Waals surface area contributed by atoms with Crippen molar-refractivity contribution in [2.24, 2.45) is 5.92 Å². The third kappa shape index (κ3) is 5.74. The molecular weight excluding hydrogens is 164 g/mol. The summed E-state index contributed by atoms with van der Waals surface area (Å²) in [5.74, 6) is 0.894. The molecule has 0 aromatic carbocycles. The van der Waals surface area contributed by atoms with Gasteiger partial charge in [-0.25, -0.2) is 0 Å². The molecular formula is C9H24N2Si. The second-order valence-corrected chi connectivity index (χ2v) is 5.79. The minimum Gasteiger partial charge on any atom is -0.330 e. The van der Waals surface area contributed by atoms with Gasteiger partial charge in [0.15, 0.2) is 0 Å². The maximum atomic E-state index is 3.53. The Morgan fingerprint density at radius 3 is 2.42 bits per heavy atom. The molecule has 2 nitrogen and oxygen atoms in total. The van der Waals surface area contributed by atoms with E-state index < -0.39 is 0 Å². The lowest BCUT2D eigenvalue weighted by atomic mass is 10.1. The third-order valence-electron chi connectivity index (χ3n) is 2.58. The minimum atomic E-state index is -0.0556. The van der Waals surface area contributed by atoms with E-state index in [0.717, 1.165) is 24.7 Å². The molecule has 3 heteroatoms. The highest BCUT2D eigenvalue weighted by molar-refractivity contribution is 6.34. The first-order valence-electron chi connectivity index (χ1n) is 5.13. The van der Waals surface area contributed by atoms with Gasteiger partial charge in [0.1, 0.15) is 0 Å². The van der Waals surface area contributed by atoms with Gasteiger partial charge in [0.25, 0.3) is 0 Å². The average molecular weight is 188 g/mol. The zero-order chi connectivity index (χ0) is 9.40. The molecule has 74 valence electrons. The Kier molecular flexibility index (Phi) is 7.86.